The summed E-state index contributed by atoms with van der Waals surface area (Å²) in [6.07, 6.45) is 19.0. The maximum absolute atomic E-state index is 5.18. The number of halogens is 1. The van der Waals surface area contributed by atoms with Gasteiger partial charge < -0.3 is 9.47 Å². The molecule has 0 aromatic rings. The molecule has 0 heterocycles. The number of allylic oxidation sites excluding steroid dienone is 2. The molecule has 0 aromatic carbocycles. The highest BCUT2D eigenvalue weighted by Crippen LogP contribution is 2.12. The van der Waals surface area contributed by atoms with E-state index in [-0.39, 0.29) is 6.29 Å². The van der Waals surface area contributed by atoms with E-state index in [4.69, 9.17) is 9.47 Å². The van der Waals surface area contributed by atoms with Crippen LogP contribution in [0.4, 0.5) is 0 Å². The molecule has 0 saturated heterocycles. The molecule has 0 fully saturated rings. The lowest BCUT2D eigenvalue weighted by molar-refractivity contribution is -0.107. The van der Waals surface area contributed by atoms with Gasteiger partial charge in [-0.25, -0.2) is 0 Å². The second kappa shape index (κ2) is 17.4. The molecule has 0 amide bonds. The Kier molecular flexibility index (Phi) is 17.8. The number of rotatable bonds is 15. The van der Waals surface area contributed by atoms with Gasteiger partial charge in [-0.2, -0.15) is 0 Å². The smallest absolute Gasteiger partial charge is 0.156 e. The lowest BCUT2D eigenvalue weighted by atomic mass is 10.1. The van der Waals surface area contributed by atoms with Crippen molar-refractivity contribution in [3.8, 4) is 0 Å². The zero-order chi connectivity index (χ0) is 14.9. The predicted molar refractivity (Wildman–Crippen MR) is 96.6 cm³/mol. The average Bonchev–Trinajstić information content (AvgIpc) is 2.48. The van der Waals surface area contributed by atoms with Crippen molar-refractivity contribution in [2.45, 2.75) is 76.9 Å². The monoisotopic (exact) mass is 396 g/mol. The Morgan fingerprint density at radius 1 is 0.750 bits per heavy atom. The molecule has 0 saturated carbocycles. The first kappa shape index (κ1) is 20.4. The molecule has 0 N–H and O–H groups in total. The maximum Gasteiger partial charge on any atom is 0.156 e. The van der Waals surface area contributed by atoms with Gasteiger partial charge in [0.2, 0.25) is 0 Å². The first-order valence-electron chi connectivity index (χ1n) is 8.11. The van der Waals surface area contributed by atoms with Crippen LogP contribution in [0, 0.1) is 0 Å². The summed E-state index contributed by atoms with van der Waals surface area (Å²) in [5.41, 5.74) is 0. The van der Waals surface area contributed by atoms with Gasteiger partial charge in [-0.3, -0.25) is 0 Å². The third-order valence-electron chi connectivity index (χ3n) is 3.53. The molecule has 0 bridgehead atoms. The zero-order valence-electron chi connectivity index (χ0n) is 13.4. The molecule has 0 aromatic heterocycles. The molecular weight excluding hydrogens is 363 g/mol. The topological polar surface area (TPSA) is 18.5 Å². The fourth-order valence-corrected chi connectivity index (χ4v) is 2.62. The van der Waals surface area contributed by atoms with Crippen LogP contribution in [-0.4, -0.2) is 24.9 Å². The van der Waals surface area contributed by atoms with E-state index in [1.165, 1.54) is 68.6 Å². The minimum atomic E-state index is -0.00439. The summed E-state index contributed by atoms with van der Waals surface area (Å²) in [7, 11) is 3.43. The molecule has 2 nitrogen and oxygen atoms in total. The van der Waals surface area contributed by atoms with Gasteiger partial charge in [0.15, 0.2) is 6.29 Å². The highest BCUT2D eigenvalue weighted by atomic mass is 127. The van der Waals surface area contributed by atoms with Gasteiger partial charge in [0, 0.05) is 18.6 Å². The molecule has 0 aliphatic rings. The molecule has 0 atom stereocenters. The molecule has 0 aliphatic heterocycles. The van der Waals surface area contributed by atoms with Crippen molar-refractivity contribution in [2.75, 3.05) is 18.6 Å². The zero-order valence-corrected chi connectivity index (χ0v) is 15.6. The van der Waals surface area contributed by atoms with E-state index in [0.717, 1.165) is 6.42 Å². The Balaban J connectivity index is 3.09. The van der Waals surface area contributed by atoms with Gasteiger partial charge in [0.05, 0.1) is 0 Å². The SMILES string of the molecule is COC(CCCCCCCCCC/C=C/CCI)OC. The number of methoxy groups -OCH3 is 2. The van der Waals surface area contributed by atoms with E-state index in [0.29, 0.717) is 0 Å². The molecular formula is C17H33IO2. The van der Waals surface area contributed by atoms with E-state index in [2.05, 4.69) is 34.7 Å². The molecule has 0 rings (SSSR count). The van der Waals surface area contributed by atoms with E-state index in [9.17, 15) is 0 Å². The molecule has 0 spiro atoms. The van der Waals surface area contributed by atoms with Crippen LogP contribution < -0.4 is 0 Å². The number of hydrogen-bond donors (Lipinski definition) is 0. The van der Waals surface area contributed by atoms with E-state index >= 15 is 0 Å². The molecule has 0 unspecified atom stereocenters. The second-order valence-electron chi connectivity index (χ2n) is 5.26. The van der Waals surface area contributed by atoms with Gasteiger partial charge in [0.1, 0.15) is 0 Å². The third kappa shape index (κ3) is 14.8. The van der Waals surface area contributed by atoms with Crippen molar-refractivity contribution < 1.29 is 9.47 Å². The average molecular weight is 396 g/mol. The van der Waals surface area contributed by atoms with Gasteiger partial charge in [-0.1, -0.05) is 73.3 Å². The standard InChI is InChI=1S/C17H33IO2/c1-19-17(20-2)15-13-11-9-7-5-3-4-6-8-10-12-14-16-18/h10,12,17H,3-9,11,13-16H2,1-2H3/b12-10+. The fourth-order valence-electron chi connectivity index (χ4n) is 2.26. The molecule has 0 aliphatic carbocycles. The van der Waals surface area contributed by atoms with Gasteiger partial charge in [-0.15, -0.1) is 0 Å². The van der Waals surface area contributed by atoms with E-state index in [1.807, 2.05) is 0 Å². The molecule has 3 heteroatoms. The maximum atomic E-state index is 5.18. The van der Waals surface area contributed by atoms with Crippen LogP contribution in [0.3, 0.4) is 0 Å². The minimum absolute atomic E-state index is 0.00439. The second-order valence-corrected chi connectivity index (χ2v) is 6.33. The first-order valence-corrected chi connectivity index (χ1v) is 9.64. The number of hydrogen-bond acceptors (Lipinski definition) is 2. The normalized spacial score (nSPS) is 11.8. The van der Waals surface area contributed by atoms with Crippen LogP contribution in [0.2, 0.25) is 0 Å². The third-order valence-corrected chi connectivity index (χ3v) is 4.15. The quantitative estimate of drug-likeness (QED) is 0.113. The van der Waals surface area contributed by atoms with Crippen molar-refractivity contribution in [3.05, 3.63) is 12.2 Å². The summed E-state index contributed by atoms with van der Waals surface area (Å²) in [5.74, 6) is 0. The summed E-state index contributed by atoms with van der Waals surface area (Å²) in [6, 6.07) is 0. The number of unbranched alkanes of at least 4 members (excludes halogenated alkanes) is 8. The van der Waals surface area contributed by atoms with Gasteiger partial charge in [-0.05, 0) is 32.1 Å². The Labute approximate surface area is 139 Å². The summed E-state index contributed by atoms with van der Waals surface area (Å²) >= 11 is 2.42. The molecule has 0 radical (unpaired) electrons. The lowest BCUT2D eigenvalue weighted by Gasteiger charge is -2.12. The lowest BCUT2D eigenvalue weighted by Crippen LogP contribution is -2.12. The summed E-state index contributed by atoms with van der Waals surface area (Å²) in [6.45, 7) is 0. The van der Waals surface area contributed by atoms with Crippen molar-refractivity contribution in [1.29, 1.82) is 0 Å². The van der Waals surface area contributed by atoms with Crippen LogP contribution in [0.1, 0.15) is 70.6 Å². The van der Waals surface area contributed by atoms with Gasteiger partial charge >= 0.3 is 0 Å². The van der Waals surface area contributed by atoms with Crippen LogP contribution in [0.25, 0.3) is 0 Å². The van der Waals surface area contributed by atoms with Crippen molar-refractivity contribution >= 4 is 22.6 Å². The predicted octanol–water partition coefficient (Wildman–Crippen LogP) is 5.89. The van der Waals surface area contributed by atoms with Crippen LogP contribution in [-0.2, 0) is 9.47 Å². The first-order chi connectivity index (χ1) is 9.85. The van der Waals surface area contributed by atoms with Crippen molar-refractivity contribution in [2.24, 2.45) is 0 Å². The van der Waals surface area contributed by atoms with Gasteiger partial charge in [0.25, 0.3) is 0 Å². The minimum Gasteiger partial charge on any atom is -0.356 e. The molecule has 120 valence electrons. The fraction of sp³-hybridized carbons (Fsp3) is 0.882. The van der Waals surface area contributed by atoms with Crippen LogP contribution >= 0.6 is 22.6 Å². The Bertz CT molecular complexity index is 203. The summed E-state index contributed by atoms with van der Waals surface area (Å²) < 4.78 is 11.6. The largest absolute Gasteiger partial charge is 0.356 e. The summed E-state index contributed by atoms with van der Waals surface area (Å²) in [4.78, 5) is 0. The van der Waals surface area contributed by atoms with Crippen LogP contribution in [0.15, 0.2) is 12.2 Å². The summed E-state index contributed by atoms with van der Waals surface area (Å²) in [5, 5.41) is 0. The highest BCUT2D eigenvalue weighted by molar-refractivity contribution is 14.1. The Hall–Kier alpha value is 0.390. The van der Waals surface area contributed by atoms with Crippen LogP contribution in [0.5, 0.6) is 0 Å². The Morgan fingerprint density at radius 2 is 1.25 bits per heavy atom. The van der Waals surface area contributed by atoms with Crippen molar-refractivity contribution in [3.63, 3.8) is 0 Å². The van der Waals surface area contributed by atoms with E-state index in [1.54, 1.807) is 14.2 Å². The Morgan fingerprint density at radius 3 is 1.80 bits per heavy atom. The number of ether oxygens (including phenoxy) is 2. The number of alkyl halides is 1. The van der Waals surface area contributed by atoms with E-state index < -0.39 is 0 Å². The highest BCUT2D eigenvalue weighted by Gasteiger charge is 2.03. The van der Waals surface area contributed by atoms with Crippen molar-refractivity contribution in [1.82, 2.24) is 0 Å². The molecule has 20 heavy (non-hydrogen) atoms.